The van der Waals surface area contributed by atoms with Crippen molar-refractivity contribution in [3.8, 4) is 0 Å². The molecule has 0 fully saturated rings. The summed E-state index contributed by atoms with van der Waals surface area (Å²) < 4.78 is 4.73. The van der Waals surface area contributed by atoms with E-state index in [1.54, 1.807) is 6.92 Å². The lowest BCUT2D eigenvalue weighted by Crippen LogP contribution is -2.10. The zero-order chi connectivity index (χ0) is 14.7. The van der Waals surface area contributed by atoms with Crippen molar-refractivity contribution >= 4 is 11.8 Å². The van der Waals surface area contributed by atoms with Crippen LogP contribution in [0.1, 0.15) is 59.8 Å². The molecule has 0 N–H and O–H groups in total. The minimum absolute atomic E-state index is 0.0493. The standard InChI is InChI=1S/C16H26O3/c1-5-19-16(18)12-15(17)11-7-10-14(4)9-6-8-13(2)3/h8,10H,5-7,9,11-12H2,1-4H3. The van der Waals surface area contributed by atoms with Crippen molar-refractivity contribution in [3.05, 3.63) is 23.3 Å². The molecule has 3 heteroatoms. The topological polar surface area (TPSA) is 43.4 Å². The molecule has 108 valence electrons. The zero-order valence-corrected chi connectivity index (χ0v) is 12.6. The molecular formula is C16H26O3. The first kappa shape index (κ1) is 17.6. The van der Waals surface area contributed by atoms with E-state index in [4.69, 9.17) is 4.74 Å². The minimum Gasteiger partial charge on any atom is -0.466 e. The molecule has 0 amide bonds. The van der Waals surface area contributed by atoms with E-state index in [1.807, 2.05) is 0 Å². The average Bonchev–Trinajstić information content (AvgIpc) is 2.28. The Bertz CT molecular complexity index is 347. The summed E-state index contributed by atoms with van der Waals surface area (Å²) in [5.74, 6) is -0.469. The molecule has 0 aromatic rings. The van der Waals surface area contributed by atoms with E-state index in [1.165, 1.54) is 11.1 Å². The van der Waals surface area contributed by atoms with Gasteiger partial charge in [-0.2, -0.15) is 0 Å². The molecule has 0 aliphatic heterocycles. The van der Waals surface area contributed by atoms with Crippen molar-refractivity contribution < 1.29 is 14.3 Å². The Morgan fingerprint density at radius 2 is 1.63 bits per heavy atom. The van der Waals surface area contributed by atoms with E-state index in [0.717, 1.165) is 12.8 Å². The van der Waals surface area contributed by atoms with Crippen molar-refractivity contribution in [3.63, 3.8) is 0 Å². The molecule has 0 heterocycles. The molecular weight excluding hydrogens is 240 g/mol. The summed E-state index contributed by atoms with van der Waals surface area (Å²) in [6, 6.07) is 0. The first-order valence-electron chi connectivity index (χ1n) is 6.92. The number of hydrogen-bond acceptors (Lipinski definition) is 3. The molecule has 0 aromatic heterocycles. The highest BCUT2D eigenvalue weighted by Gasteiger charge is 2.08. The molecule has 0 saturated carbocycles. The van der Waals surface area contributed by atoms with E-state index in [0.29, 0.717) is 19.4 Å². The van der Waals surface area contributed by atoms with Crippen LogP contribution in [-0.2, 0) is 14.3 Å². The number of esters is 1. The van der Waals surface area contributed by atoms with Gasteiger partial charge in [-0.25, -0.2) is 0 Å². The van der Waals surface area contributed by atoms with Gasteiger partial charge in [-0.3, -0.25) is 9.59 Å². The molecule has 0 bridgehead atoms. The van der Waals surface area contributed by atoms with Gasteiger partial charge in [0.15, 0.2) is 0 Å². The fraction of sp³-hybridized carbons (Fsp3) is 0.625. The summed E-state index contributed by atoms with van der Waals surface area (Å²) in [4.78, 5) is 22.6. The highest BCUT2D eigenvalue weighted by atomic mass is 16.5. The Kier molecular flexibility index (Phi) is 9.77. The molecule has 0 saturated heterocycles. The predicted molar refractivity (Wildman–Crippen MR) is 77.9 cm³/mol. The summed E-state index contributed by atoms with van der Waals surface area (Å²) in [5.41, 5.74) is 2.62. The average molecular weight is 266 g/mol. The summed E-state index contributed by atoms with van der Waals surface area (Å²) in [5, 5.41) is 0. The van der Waals surface area contributed by atoms with Crippen LogP contribution in [0.2, 0.25) is 0 Å². The normalized spacial score (nSPS) is 11.1. The van der Waals surface area contributed by atoms with Crippen LogP contribution in [-0.4, -0.2) is 18.4 Å². The third-order valence-electron chi connectivity index (χ3n) is 2.65. The fourth-order valence-electron chi connectivity index (χ4n) is 1.63. The van der Waals surface area contributed by atoms with E-state index in [9.17, 15) is 9.59 Å². The van der Waals surface area contributed by atoms with Crippen LogP contribution in [0.5, 0.6) is 0 Å². The number of carbonyl (C=O) groups is 2. The van der Waals surface area contributed by atoms with Crippen LogP contribution in [0.4, 0.5) is 0 Å². The smallest absolute Gasteiger partial charge is 0.313 e. The molecule has 0 aromatic carbocycles. The maximum atomic E-state index is 11.5. The number of allylic oxidation sites excluding steroid dienone is 4. The maximum Gasteiger partial charge on any atom is 0.313 e. The number of ether oxygens (including phenoxy) is 1. The van der Waals surface area contributed by atoms with Crippen molar-refractivity contribution in [2.75, 3.05) is 6.61 Å². The van der Waals surface area contributed by atoms with Gasteiger partial charge in [-0.15, -0.1) is 0 Å². The molecule has 19 heavy (non-hydrogen) atoms. The second-order valence-corrected chi connectivity index (χ2v) is 4.93. The van der Waals surface area contributed by atoms with Crippen molar-refractivity contribution in [1.29, 1.82) is 0 Å². The van der Waals surface area contributed by atoms with Gasteiger partial charge in [0, 0.05) is 6.42 Å². The SMILES string of the molecule is CCOC(=O)CC(=O)CCC=C(C)CCC=C(C)C. The van der Waals surface area contributed by atoms with E-state index < -0.39 is 5.97 Å². The maximum absolute atomic E-state index is 11.5. The number of ketones is 1. The van der Waals surface area contributed by atoms with Gasteiger partial charge in [0.2, 0.25) is 0 Å². The predicted octanol–water partition coefficient (Wildman–Crippen LogP) is 3.98. The lowest BCUT2D eigenvalue weighted by atomic mass is 10.1. The van der Waals surface area contributed by atoms with Gasteiger partial charge in [0.1, 0.15) is 12.2 Å². The lowest BCUT2D eigenvalue weighted by molar-refractivity contribution is -0.145. The third-order valence-corrected chi connectivity index (χ3v) is 2.65. The summed E-state index contributed by atoms with van der Waals surface area (Å²) in [7, 11) is 0. The van der Waals surface area contributed by atoms with Gasteiger partial charge < -0.3 is 4.74 Å². The molecule has 0 radical (unpaired) electrons. The van der Waals surface area contributed by atoms with Gasteiger partial charge in [0.05, 0.1) is 6.61 Å². The minimum atomic E-state index is -0.420. The van der Waals surface area contributed by atoms with Crippen molar-refractivity contribution in [2.45, 2.75) is 59.8 Å². The molecule has 0 unspecified atom stereocenters. The second kappa shape index (κ2) is 10.5. The van der Waals surface area contributed by atoms with E-state index in [-0.39, 0.29) is 12.2 Å². The Morgan fingerprint density at radius 3 is 2.21 bits per heavy atom. The lowest BCUT2D eigenvalue weighted by Gasteiger charge is -2.01. The number of carbonyl (C=O) groups excluding carboxylic acids is 2. The highest BCUT2D eigenvalue weighted by molar-refractivity contribution is 5.95. The molecule has 0 atom stereocenters. The Morgan fingerprint density at radius 1 is 1.00 bits per heavy atom. The van der Waals surface area contributed by atoms with Gasteiger partial charge in [-0.1, -0.05) is 23.3 Å². The summed E-state index contributed by atoms with van der Waals surface area (Å²) in [6.07, 6.45) is 7.39. The summed E-state index contributed by atoms with van der Waals surface area (Å²) >= 11 is 0. The Balaban J connectivity index is 3.84. The molecule has 3 nitrogen and oxygen atoms in total. The molecule has 0 aliphatic carbocycles. The zero-order valence-electron chi connectivity index (χ0n) is 12.6. The number of rotatable bonds is 9. The van der Waals surface area contributed by atoms with Crippen LogP contribution < -0.4 is 0 Å². The molecule has 0 spiro atoms. The quantitative estimate of drug-likeness (QED) is 0.360. The van der Waals surface area contributed by atoms with Crippen LogP contribution in [0, 0.1) is 0 Å². The van der Waals surface area contributed by atoms with E-state index >= 15 is 0 Å². The van der Waals surface area contributed by atoms with Crippen LogP contribution >= 0.6 is 0 Å². The highest BCUT2D eigenvalue weighted by Crippen LogP contribution is 2.09. The van der Waals surface area contributed by atoms with Crippen LogP contribution in [0.15, 0.2) is 23.3 Å². The third kappa shape index (κ3) is 11.4. The molecule has 0 rings (SSSR count). The van der Waals surface area contributed by atoms with Crippen molar-refractivity contribution in [2.24, 2.45) is 0 Å². The summed E-state index contributed by atoms with van der Waals surface area (Å²) in [6.45, 7) is 8.32. The van der Waals surface area contributed by atoms with Gasteiger partial charge >= 0.3 is 5.97 Å². The Hall–Kier alpha value is -1.38. The number of Topliss-reactive ketones (excluding diaryl/α,β-unsaturated/α-hetero) is 1. The van der Waals surface area contributed by atoms with Crippen molar-refractivity contribution in [1.82, 2.24) is 0 Å². The molecule has 0 aliphatic rings. The van der Waals surface area contributed by atoms with Gasteiger partial charge in [0.25, 0.3) is 0 Å². The Labute approximate surface area is 116 Å². The largest absolute Gasteiger partial charge is 0.466 e. The second-order valence-electron chi connectivity index (χ2n) is 4.93. The van der Waals surface area contributed by atoms with Gasteiger partial charge in [-0.05, 0) is 47.0 Å². The van der Waals surface area contributed by atoms with Crippen LogP contribution in [0.3, 0.4) is 0 Å². The fourth-order valence-corrected chi connectivity index (χ4v) is 1.63. The van der Waals surface area contributed by atoms with E-state index in [2.05, 4.69) is 32.9 Å². The first-order valence-corrected chi connectivity index (χ1v) is 6.92. The number of hydrogen-bond donors (Lipinski definition) is 0. The monoisotopic (exact) mass is 266 g/mol. The van der Waals surface area contributed by atoms with Crippen LogP contribution in [0.25, 0.3) is 0 Å². The first-order chi connectivity index (χ1) is 8.95.